The topological polar surface area (TPSA) is 112 Å². The quantitative estimate of drug-likeness (QED) is 0.475. The lowest BCUT2D eigenvalue weighted by atomic mass is 10.1. The highest BCUT2D eigenvalue weighted by Crippen LogP contribution is 2.30. The minimum absolute atomic E-state index is 0.115. The van der Waals surface area contributed by atoms with Crippen molar-refractivity contribution in [2.75, 3.05) is 18.5 Å². The van der Waals surface area contributed by atoms with Gasteiger partial charge in [0.05, 0.1) is 25.0 Å². The zero-order valence-electron chi connectivity index (χ0n) is 19.3. The van der Waals surface area contributed by atoms with E-state index in [9.17, 15) is 13.2 Å². The van der Waals surface area contributed by atoms with Crippen molar-refractivity contribution in [2.24, 2.45) is 0 Å². The summed E-state index contributed by atoms with van der Waals surface area (Å²) in [6, 6.07) is 24.6. The summed E-state index contributed by atoms with van der Waals surface area (Å²) >= 11 is 0. The summed E-state index contributed by atoms with van der Waals surface area (Å²) in [5, 5.41) is 2.68. The Morgan fingerprint density at radius 3 is 2.19 bits per heavy atom. The molecule has 36 heavy (non-hydrogen) atoms. The molecular formula is C26H26N2O7S. The smallest absolute Gasteiger partial charge is 0.412 e. The minimum atomic E-state index is -3.60. The fraction of sp³-hybridized carbons (Fsp3) is 0.269. The molecule has 1 amide bonds. The van der Waals surface area contributed by atoms with Crippen LogP contribution in [-0.4, -0.2) is 52.1 Å². The third-order valence-corrected chi connectivity index (χ3v) is 7.25. The van der Waals surface area contributed by atoms with Crippen LogP contribution in [0.4, 0.5) is 10.5 Å². The van der Waals surface area contributed by atoms with E-state index in [1.165, 1.54) is 0 Å². The molecule has 2 heterocycles. The van der Waals surface area contributed by atoms with E-state index in [4.69, 9.17) is 18.9 Å². The van der Waals surface area contributed by atoms with Gasteiger partial charge < -0.3 is 18.9 Å². The molecule has 0 saturated carbocycles. The Morgan fingerprint density at radius 2 is 1.47 bits per heavy atom. The van der Waals surface area contributed by atoms with Gasteiger partial charge in [-0.05, 0) is 42.0 Å². The molecule has 0 radical (unpaired) electrons. The molecule has 0 bridgehead atoms. The first-order valence-corrected chi connectivity index (χ1v) is 13.2. The van der Waals surface area contributed by atoms with Gasteiger partial charge in [0.25, 0.3) is 0 Å². The molecule has 9 nitrogen and oxygen atoms in total. The lowest BCUT2D eigenvalue weighted by molar-refractivity contribution is 0.00883. The van der Waals surface area contributed by atoms with E-state index in [1.807, 2.05) is 36.4 Å². The molecule has 2 saturated heterocycles. The van der Waals surface area contributed by atoms with Crippen molar-refractivity contribution in [3.8, 4) is 11.5 Å². The molecule has 2 aliphatic heterocycles. The summed E-state index contributed by atoms with van der Waals surface area (Å²) in [5.74, 6) is 1.21. The largest absolute Gasteiger partial charge is 0.457 e. The van der Waals surface area contributed by atoms with Gasteiger partial charge in [-0.2, -0.15) is 0 Å². The summed E-state index contributed by atoms with van der Waals surface area (Å²) in [5.41, 5.74) is 1.22. The van der Waals surface area contributed by atoms with Crippen molar-refractivity contribution in [1.82, 2.24) is 4.72 Å². The molecule has 188 valence electrons. The first-order valence-electron chi connectivity index (χ1n) is 11.5. The first kappa shape index (κ1) is 24.3. The van der Waals surface area contributed by atoms with Gasteiger partial charge in [0, 0.05) is 5.69 Å². The maximum absolute atomic E-state index is 12.6. The van der Waals surface area contributed by atoms with Crippen LogP contribution >= 0.6 is 0 Å². The summed E-state index contributed by atoms with van der Waals surface area (Å²) in [6.07, 6.45) is -2.40. The molecule has 5 rings (SSSR count). The SMILES string of the molecule is O=C(Nc1ccc(Oc2ccccc2)cc1)O[C@@H]1CO[C@H]2[C@@H]1OC[C@@H]2NS(=O)(=O)Cc1ccccc1. The second-order valence-corrected chi connectivity index (χ2v) is 10.3. The number of hydrogen-bond donors (Lipinski definition) is 2. The van der Waals surface area contributed by atoms with Crippen LogP contribution in [0.25, 0.3) is 0 Å². The second kappa shape index (κ2) is 10.7. The number of carbonyl (C=O) groups excluding carboxylic acids is 1. The number of fused-ring (bicyclic) bond motifs is 1. The van der Waals surface area contributed by atoms with Gasteiger partial charge in [0.2, 0.25) is 10.0 Å². The number of carbonyl (C=O) groups is 1. The predicted molar refractivity (Wildman–Crippen MR) is 132 cm³/mol. The van der Waals surface area contributed by atoms with Crippen molar-refractivity contribution >= 4 is 21.8 Å². The fourth-order valence-corrected chi connectivity index (χ4v) is 5.63. The summed E-state index contributed by atoms with van der Waals surface area (Å²) < 4.78 is 50.6. The number of anilines is 1. The molecule has 0 unspecified atom stereocenters. The number of nitrogens with one attached hydrogen (secondary N) is 2. The van der Waals surface area contributed by atoms with Crippen LogP contribution in [-0.2, 0) is 30.0 Å². The van der Waals surface area contributed by atoms with Crippen LogP contribution in [0, 0.1) is 0 Å². The number of sulfonamides is 1. The number of ether oxygens (including phenoxy) is 4. The van der Waals surface area contributed by atoms with Gasteiger partial charge in [-0.1, -0.05) is 48.5 Å². The second-order valence-electron chi connectivity index (χ2n) is 8.57. The number of benzene rings is 3. The highest BCUT2D eigenvalue weighted by Gasteiger charge is 2.50. The molecule has 2 N–H and O–H groups in total. The summed E-state index contributed by atoms with van der Waals surface area (Å²) in [4.78, 5) is 12.5. The average Bonchev–Trinajstić information content (AvgIpc) is 3.44. The van der Waals surface area contributed by atoms with Gasteiger partial charge in [-0.15, -0.1) is 0 Å². The fourth-order valence-electron chi connectivity index (χ4n) is 4.25. The van der Waals surface area contributed by atoms with Crippen molar-refractivity contribution < 1.29 is 32.2 Å². The van der Waals surface area contributed by atoms with Crippen LogP contribution in [0.2, 0.25) is 0 Å². The van der Waals surface area contributed by atoms with Crippen molar-refractivity contribution in [3.63, 3.8) is 0 Å². The lowest BCUT2D eigenvalue weighted by Gasteiger charge is -2.18. The molecule has 0 aliphatic carbocycles. The number of hydrogen-bond acceptors (Lipinski definition) is 7. The van der Waals surface area contributed by atoms with E-state index in [0.717, 1.165) is 0 Å². The molecule has 2 aliphatic rings. The van der Waals surface area contributed by atoms with E-state index in [0.29, 0.717) is 22.7 Å². The van der Waals surface area contributed by atoms with E-state index < -0.39 is 40.5 Å². The van der Waals surface area contributed by atoms with Crippen molar-refractivity contribution in [2.45, 2.75) is 30.1 Å². The van der Waals surface area contributed by atoms with E-state index >= 15 is 0 Å². The standard InChI is InChI=1S/C26H26N2O7S/c29-26(27-19-11-13-21(14-12-19)34-20-9-5-2-6-10-20)35-23-16-33-24-22(15-32-25(23)24)28-36(30,31)17-18-7-3-1-4-8-18/h1-14,22-25,28H,15-17H2,(H,27,29)/t22-,23+,24+,25+/m0/s1. The zero-order chi connectivity index (χ0) is 25.0. The molecule has 3 aromatic carbocycles. The Balaban J connectivity index is 1.11. The van der Waals surface area contributed by atoms with Crippen LogP contribution in [0.15, 0.2) is 84.9 Å². The number of amides is 1. The minimum Gasteiger partial charge on any atom is -0.457 e. The van der Waals surface area contributed by atoms with Crippen LogP contribution in [0.5, 0.6) is 11.5 Å². The van der Waals surface area contributed by atoms with Crippen LogP contribution in [0.1, 0.15) is 5.56 Å². The maximum Gasteiger partial charge on any atom is 0.412 e. The highest BCUT2D eigenvalue weighted by atomic mass is 32.2. The molecule has 4 atom stereocenters. The Labute approximate surface area is 209 Å². The highest BCUT2D eigenvalue weighted by molar-refractivity contribution is 7.88. The molecule has 10 heteroatoms. The van der Waals surface area contributed by atoms with Crippen LogP contribution < -0.4 is 14.8 Å². The van der Waals surface area contributed by atoms with Gasteiger partial charge in [-0.3, -0.25) is 5.32 Å². The average molecular weight is 511 g/mol. The van der Waals surface area contributed by atoms with Gasteiger partial charge in [0.15, 0.2) is 6.10 Å². The normalized spacial score (nSPS) is 23.1. The van der Waals surface area contributed by atoms with Gasteiger partial charge >= 0.3 is 6.09 Å². The Bertz CT molecular complexity index is 1270. The van der Waals surface area contributed by atoms with E-state index in [2.05, 4.69) is 10.0 Å². The maximum atomic E-state index is 12.6. The molecule has 0 spiro atoms. The van der Waals surface area contributed by atoms with E-state index in [1.54, 1.807) is 48.5 Å². The molecule has 2 fully saturated rings. The lowest BCUT2D eigenvalue weighted by Crippen LogP contribution is -2.44. The Morgan fingerprint density at radius 1 is 0.833 bits per heavy atom. The zero-order valence-corrected chi connectivity index (χ0v) is 20.1. The molecule has 0 aromatic heterocycles. The van der Waals surface area contributed by atoms with Crippen molar-refractivity contribution in [3.05, 3.63) is 90.5 Å². The first-order chi connectivity index (χ1) is 17.4. The third kappa shape index (κ3) is 6.03. The van der Waals surface area contributed by atoms with Crippen molar-refractivity contribution in [1.29, 1.82) is 0 Å². The Hall–Kier alpha value is -3.44. The third-order valence-electron chi connectivity index (χ3n) is 5.88. The number of para-hydroxylation sites is 1. The van der Waals surface area contributed by atoms with Gasteiger partial charge in [-0.25, -0.2) is 17.9 Å². The summed E-state index contributed by atoms with van der Waals surface area (Å²) in [6.45, 7) is 0.247. The monoisotopic (exact) mass is 510 g/mol. The summed E-state index contributed by atoms with van der Waals surface area (Å²) in [7, 11) is -3.60. The van der Waals surface area contributed by atoms with Gasteiger partial charge in [0.1, 0.15) is 23.7 Å². The van der Waals surface area contributed by atoms with Crippen LogP contribution in [0.3, 0.4) is 0 Å². The predicted octanol–water partition coefficient (Wildman–Crippen LogP) is 3.68. The molecular weight excluding hydrogens is 484 g/mol. The van der Waals surface area contributed by atoms with E-state index in [-0.39, 0.29) is 19.0 Å². The number of rotatable bonds is 8. The Kier molecular flexibility index (Phi) is 7.19. The molecule has 3 aromatic rings.